The van der Waals surface area contributed by atoms with Gasteiger partial charge in [-0.15, -0.1) is 0 Å². The third kappa shape index (κ3) is 4.43. The summed E-state index contributed by atoms with van der Waals surface area (Å²) in [6.45, 7) is 0.790. The molecule has 0 aliphatic carbocycles. The maximum absolute atomic E-state index is 12.2. The van der Waals surface area contributed by atoms with Gasteiger partial charge in [-0.3, -0.25) is 25.2 Å². The summed E-state index contributed by atoms with van der Waals surface area (Å²) in [5.74, 6) is 0.192. The molecule has 2 N–H and O–H groups in total. The van der Waals surface area contributed by atoms with Crippen molar-refractivity contribution < 1.29 is 23.9 Å². The molecule has 1 fully saturated rings. The summed E-state index contributed by atoms with van der Waals surface area (Å²) in [5, 5.41) is 0. The minimum Gasteiger partial charge on any atom is -0.485 e. The van der Waals surface area contributed by atoms with Gasteiger partial charge in [0.1, 0.15) is 6.61 Å². The van der Waals surface area contributed by atoms with Gasteiger partial charge in [-0.1, -0.05) is 24.3 Å². The first-order chi connectivity index (χ1) is 14.6. The first kappa shape index (κ1) is 19.5. The summed E-state index contributed by atoms with van der Waals surface area (Å²) in [4.78, 5) is 37.7. The summed E-state index contributed by atoms with van der Waals surface area (Å²) in [6.07, 6.45) is 3.52. The molecule has 4 rings (SSSR count). The normalized spacial score (nSPS) is 17.8. The maximum Gasteiger partial charge on any atom is 0.283 e. The van der Waals surface area contributed by atoms with Crippen LogP contribution in [0, 0.1) is 0 Å². The molecule has 8 heteroatoms. The Kier molecular flexibility index (Phi) is 5.65. The number of hydrogen-bond donors (Lipinski definition) is 2. The van der Waals surface area contributed by atoms with Crippen LogP contribution in [-0.4, -0.2) is 37.0 Å². The number of benzene rings is 2. The molecular weight excluding hydrogens is 386 g/mol. The van der Waals surface area contributed by atoms with E-state index in [-0.39, 0.29) is 12.5 Å². The second-order valence-electron chi connectivity index (χ2n) is 6.92. The Morgan fingerprint density at radius 1 is 1.03 bits per heavy atom. The van der Waals surface area contributed by atoms with Gasteiger partial charge >= 0.3 is 0 Å². The largest absolute Gasteiger partial charge is 0.485 e. The highest BCUT2D eigenvalue weighted by molar-refractivity contribution is 5.96. The quantitative estimate of drug-likeness (QED) is 0.595. The Hall–Kier alpha value is -3.81. The van der Waals surface area contributed by atoms with Crippen LogP contribution in [0.15, 0.2) is 54.6 Å². The zero-order chi connectivity index (χ0) is 20.9. The van der Waals surface area contributed by atoms with Crippen molar-refractivity contribution >= 4 is 29.5 Å². The van der Waals surface area contributed by atoms with Crippen LogP contribution < -0.4 is 25.2 Å². The average Bonchev–Trinajstić information content (AvgIpc) is 3.21. The van der Waals surface area contributed by atoms with Crippen molar-refractivity contribution in [1.29, 1.82) is 0 Å². The van der Waals surface area contributed by atoms with Crippen LogP contribution in [0.3, 0.4) is 0 Å². The molecule has 2 aromatic carbocycles. The number of nitrogens with zero attached hydrogens (tertiary/aromatic N) is 1. The molecule has 1 saturated heterocycles. The molecule has 2 heterocycles. The topological polar surface area (TPSA) is 97.0 Å². The standard InChI is InChI=1S/C22H21N3O5/c26-20(12-9-15-7-10-16(11-8-15)25-13-3-6-21(25)27)23-24-22(28)19-14-29-17-4-1-2-5-18(17)30-19/h1-2,4-5,7-12,19H,3,6,13-14H2,(H,23,26)(H,24,28)/b12-9+. The minimum absolute atomic E-state index is 0.0560. The molecule has 0 spiro atoms. The molecule has 1 atom stereocenters. The van der Waals surface area contributed by atoms with E-state index in [1.54, 1.807) is 29.2 Å². The van der Waals surface area contributed by atoms with E-state index < -0.39 is 17.9 Å². The van der Waals surface area contributed by atoms with Crippen LogP contribution in [0.4, 0.5) is 5.69 Å². The minimum atomic E-state index is -0.856. The fraction of sp³-hybridized carbons (Fsp3) is 0.227. The van der Waals surface area contributed by atoms with E-state index in [1.807, 2.05) is 30.3 Å². The summed E-state index contributed by atoms with van der Waals surface area (Å²) in [6, 6.07) is 14.4. The van der Waals surface area contributed by atoms with Gasteiger partial charge in [0.25, 0.3) is 11.8 Å². The number of fused-ring (bicyclic) bond motifs is 1. The Bertz CT molecular complexity index is 987. The lowest BCUT2D eigenvalue weighted by Crippen LogP contribution is -2.50. The molecule has 3 amide bonds. The number of carbonyl (C=O) groups is 3. The summed E-state index contributed by atoms with van der Waals surface area (Å²) >= 11 is 0. The van der Waals surface area contributed by atoms with E-state index in [0.717, 1.165) is 24.2 Å². The van der Waals surface area contributed by atoms with Crippen molar-refractivity contribution in [2.45, 2.75) is 18.9 Å². The fourth-order valence-electron chi connectivity index (χ4n) is 3.25. The molecule has 30 heavy (non-hydrogen) atoms. The third-order valence-corrected chi connectivity index (χ3v) is 4.82. The maximum atomic E-state index is 12.2. The zero-order valence-corrected chi connectivity index (χ0v) is 16.2. The van der Waals surface area contributed by atoms with Crippen molar-refractivity contribution in [3.63, 3.8) is 0 Å². The number of anilines is 1. The number of hydrazine groups is 1. The second-order valence-corrected chi connectivity index (χ2v) is 6.92. The van der Waals surface area contributed by atoms with E-state index in [1.165, 1.54) is 6.08 Å². The number of ether oxygens (including phenoxy) is 2. The van der Waals surface area contributed by atoms with Crippen molar-refractivity contribution in [2.24, 2.45) is 0 Å². The van der Waals surface area contributed by atoms with E-state index in [2.05, 4.69) is 10.9 Å². The van der Waals surface area contributed by atoms with Crippen LogP contribution in [0.1, 0.15) is 18.4 Å². The number of para-hydroxylation sites is 2. The molecule has 154 valence electrons. The fourth-order valence-corrected chi connectivity index (χ4v) is 3.25. The second kappa shape index (κ2) is 8.69. The SMILES string of the molecule is O=C(/C=C/c1ccc(N2CCCC2=O)cc1)NNC(=O)C1COc2ccccc2O1. The van der Waals surface area contributed by atoms with Gasteiger partial charge < -0.3 is 14.4 Å². The van der Waals surface area contributed by atoms with Crippen LogP contribution in [0.5, 0.6) is 11.5 Å². The van der Waals surface area contributed by atoms with Crippen LogP contribution in [0.25, 0.3) is 6.08 Å². The van der Waals surface area contributed by atoms with Crippen molar-refractivity contribution in [2.75, 3.05) is 18.1 Å². The van der Waals surface area contributed by atoms with Gasteiger partial charge in [0, 0.05) is 24.7 Å². The Balaban J connectivity index is 1.26. The summed E-state index contributed by atoms with van der Waals surface area (Å²) in [5.41, 5.74) is 6.30. The van der Waals surface area contributed by atoms with Gasteiger partial charge in [-0.2, -0.15) is 0 Å². The molecule has 2 aliphatic heterocycles. The molecule has 0 bridgehead atoms. The van der Waals surface area contributed by atoms with Crippen molar-refractivity contribution in [3.05, 3.63) is 60.2 Å². The smallest absolute Gasteiger partial charge is 0.283 e. The Morgan fingerprint density at radius 3 is 2.53 bits per heavy atom. The number of nitrogens with one attached hydrogen (secondary N) is 2. The lowest BCUT2D eigenvalue weighted by molar-refractivity contribution is -0.134. The predicted octanol–water partition coefficient (Wildman–Crippen LogP) is 1.81. The summed E-state index contributed by atoms with van der Waals surface area (Å²) < 4.78 is 11.1. The first-order valence-corrected chi connectivity index (χ1v) is 9.67. The van der Waals surface area contributed by atoms with Gasteiger partial charge in [-0.05, 0) is 42.3 Å². The van der Waals surface area contributed by atoms with E-state index in [0.29, 0.717) is 17.9 Å². The number of carbonyl (C=O) groups excluding carboxylic acids is 3. The highest BCUT2D eigenvalue weighted by Gasteiger charge is 2.27. The summed E-state index contributed by atoms with van der Waals surface area (Å²) in [7, 11) is 0. The van der Waals surface area contributed by atoms with Gasteiger partial charge in [0.05, 0.1) is 0 Å². The highest BCUT2D eigenvalue weighted by atomic mass is 16.6. The molecule has 8 nitrogen and oxygen atoms in total. The molecule has 2 aromatic rings. The molecular formula is C22H21N3O5. The van der Waals surface area contributed by atoms with Crippen molar-refractivity contribution in [1.82, 2.24) is 10.9 Å². The van der Waals surface area contributed by atoms with Gasteiger partial charge in [-0.25, -0.2) is 0 Å². The van der Waals surface area contributed by atoms with Crippen LogP contribution in [-0.2, 0) is 14.4 Å². The van der Waals surface area contributed by atoms with E-state index in [4.69, 9.17) is 9.47 Å². The predicted molar refractivity (Wildman–Crippen MR) is 110 cm³/mol. The van der Waals surface area contributed by atoms with Gasteiger partial charge in [0.15, 0.2) is 11.5 Å². The Labute approximate surface area is 173 Å². The number of rotatable bonds is 4. The van der Waals surface area contributed by atoms with E-state index >= 15 is 0 Å². The highest BCUT2D eigenvalue weighted by Crippen LogP contribution is 2.30. The van der Waals surface area contributed by atoms with Crippen molar-refractivity contribution in [3.8, 4) is 11.5 Å². The third-order valence-electron chi connectivity index (χ3n) is 4.82. The molecule has 1 unspecified atom stereocenters. The Morgan fingerprint density at radius 2 is 1.80 bits per heavy atom. The van der Waals surface area contributed by atoms with E-state index in [9.17, 15) is 14.4 Å². The molecule has 0 saturated carbocycles. The average molecular weight is 407 g/mol. The number of amides is 3. The first-order valence-electron chi connectivity index (χ1n) is 9.67. The molecule has 0 aromatic heterocycles. The lowest BCUT2D eigenvalue weighted by atomic mass is 10.2. The van der Waals surface area contributed by atoms with Gasteiger partial charge in [0.2, 0.25) is 12.0 Å². The molecule has 0 radical (unpaired) electrons. The monoisotopic (exact) mass is 407 g/mol. The van der Waals surface area contributed by atoms with Crippen LogP contribution in [0.2, 0.25) is 0 Å². The lowest BCUT2D eigenvalue weighted by Gasteiger charge is -2.25. The van der Waals surface area contributed by atoms with Crippen LogP contribution >= 0.6 is 0 Å². The molecule has 2 aliphatic rings. The zero-order valence-electron chi connectivity index (χ0n) is 16.2. The number of hydrogen-bond acceptors (Lipinski definition) is 5.